The second-order valence-corrected chi connectivity index (χ2v) is 4.14. The number of pyridine rings is 1. The van der Waals surface area contributed by atoms with Gasteiger partial charge in [0.05, 0.1) is 6.33 Å². The fraction of sp³-hybridized carbons (Fsp3) is 0.231. The van der Waals surface area contributed by atoms with E-state index in [1.165, 1.54) is 0 Å². The van der Waals surface area contributed by atoms with Gasteiger partial charge in [-0.15, -0.1) is 0 Å². The minimum absolute atomic E-state index is 0.666. The second kappa shape index (κ2) is 5.01. The van der Waals surface area contributed by atoms with E-state index in [-0.39, 0.29) is 0 Å². The van der Waals surface area contributed by atoms with Gasteiger partial charge >= 0.3 is 0 Å². The predicted octanol–water partition coefficient (Wildman–Crippen LogP) is 1.85. The molecule has 0 aromatic carbocycles. The number of imidazole rings is 1. The molecule has 3 aromatic rings. The summed E-state index contributed by atoms with van der Waals surface area (Å²) in [6.07, 6.45) is 6.93. The van der Waals surface area contributed by atoms with Crippen molar-refractivity contribution in [3.8, 4) is 0 Å². The largest absolute Gasteiger partial charge is 0.364 e. The third-order valence-electron chi connectivity index (χ3n) is 2.92. The van der Waals surface area contributed by atoms with Crippen LogP contribution in [-0.4, -0.2) is 24.5 Å². The van der Waals surface area contributed by atoms with Gasteiger partial charge in [0.25, 0.3) is 0 Å². The van der Waals surface area contributed by atoms with Crippen LogP contribution in [-0.2, 0) is 13.1 Å². The van der Waals surface area contributed by atoms with E-state index in [9.17, 15) is 0 Å². The summed E-state index contributed by atoms with van der Waals surface area (Å²) in [6.45, 7) is 3.57. The van der Waals surface area contributed by atoms with E-state index in [1.54, 1.807) is 18.9 Å². The topological polar surface area (TPSA) is 68.5 Å². The lowest BCUT2D eigenvalue weighted by molar-refractivity contribution is 0.777. The van der Waals surface area contributed by atoms with Crippen LogP contribution in [0.15, 0.2) is 37.2 Å². The number of fused-ring (bicyclic) bond motifs is 1. The molecule has 0 amide bonds. The highest BCUT2D eigenvalue weighted by Crippen LogP contribution is 2.17. The van der Waals surface area contributed by atoms with Crippen molar-refractivity contribution in [2.45, 2.75) is 20.0 Å². The smallest absolute Gasteiger partial charge is 0.165 e. The average molecular weight is 254 g/mol. The summed E-state index contributed by atoms with van der Waals surface area (Å²) in [5.41, 5.74) is 2.75. The van der Waals surface area contributed by atoms with Crippen molar-refractivity contribution >= 4 is 17.0 Å². The molecule has 6 nitrogen and oxygen atoms in total. The summed E-state index contributed by atoms with van der Waals surface area (Å²) < 4.78 is 1.99. The highest BCUT2D eigenvalue weighted by atomic mass is 15.1. The third-order valence-corrected chi connectivity index (χ3v) is 2.92. The van der Waals surface area contributed by atoms with Crippen LogP contribution in [0.4, 0.5) is 5.82 Å². The van der Waals surface area contributed by atoms with Crippen LogP contribution in [0, 0.1) is 0 Å². The predicted molar refractivity (Wildman–Crippen MR) is 72.6 cm³/mol. The third kappa shape index (κ3) is 2.24. The molecule has 0 fully saturated rings. The zero-order chi connectivity index (χ0) is 13.1. The number of aryl methyl sites for hydroxylation is 1. The summed E-state index contributed by atoms with van der Waals surface area (Å²) in [4.78, 5) is 17.0. The molecule has 96 valence electrons. The van der Waals surface area contributed by atoms with Gasteiger partial charge in [-0.1, -0.05) is 6.07 Å². The van der Waals surface area contributed by atoms with Crippen molar-refractivity contribution in [2.24, 2.45) is 0 Å². The molecule has 0 saturated heterocycles. The first-order valence-corrected chi connectivity index (χ1v) is 6.17. The number of nitrogens with one attached hydrogen (secondary N) is 1. The maximum absolute atomic E-state index is 4.36. The standard InChI is InChI=1S/C13H14N6/c1-2-19-9-18-11-12(16-8-17-13(11)19)15-7-10-4-3-5-14-6-10/h3-6,8-9H,2,7H2,1H3,(H,15,16,17). The molecular formula is C13H14N6. The molecule has 0 aliphatic rings. The first kappa shape index (κ1) is 11.6. The van der Waals surface area contributed by atoms with Crippen molar-refractivity contribution < 1.29 is 0 Å². The molecule has 1 N–H and O–H groups in total. The van der Waals surface area contributed by atoms with Crippen molar-refractivity contribution in [1.29, 1.82) is 0 Å². The van der Waals surface area contributed by atoms with E-state index in [2.05, 4.69) is 32.2 Å². The molecule has 3 rings (SSSR count). The SMILES string of the molecule is CCn1cnc2c(NCc3cccnc3)ncnc21. The van der Waals surface area contributed by atoms with Crippen LogP contribution in [0.2, 0.25) is 0 Å². The number of nitrogens with zero attached hydrogens (tertiary/aromatic N) is 5. The number of aromatic nitrogens is 5. The first-order chi connectivity index (χ1) is 9.38. The Hall–Kier alpha value is -2.50. The van der Waals surface area contributed by atoms with Crippen molar-refractivity contribution in [2.75, 3.05) is 5.32 Å². The lowest BCUT2D eigenvalue weighted by atomic mass is 10.3. The van der Waals surface area contributed by atoms with Gasteiger partial charge in [-0.2, -0.15) is 0 Å². The van der Waals surface area contributed by atoms with E-state index in [0.717, 1.165) is 29.1 Å². The fourth-order valence-corrected chi connectivity index (χ4v) is 1.93. The van der Waals surface area contributed by atoms with Crippen molar-refractivity contribution in [1.82, 2.24) is 24.5 Å². The average Bonchev–Trinajstić information content (AvgIpc) is 2.90. The van der Waals surface area contributed by atoms with Gasteiger partial charge in [0.1, 0.15) is 11.8 Å². The highest BCUT2D eigenvalue weighted by molar-refractivity contribution is 5.82. The van der Waals surface area contributed by atoms with Gasteiger partial charge in [0.15, 0.2) is 11.5 Å². The van der Waals surface area contributed by atoms with Crippen molar-refractivity contribution in [3.05, 3.63) is 42.7 Å². The first-order valence-electron chi connectivity index (χ1n) is 6.17. The molecule has 0 saturated carbocycles. The summed E-state index contributed by atoms with van der Waals surface area (Å²) in [5, 5.41) is 3.27. The maximum atomic E-state index is 4.36. The number of hydrogen-bond donors (Lipinski definition) is 1. The Labute approximate surface area is 110 Å². The Bertz CT molecular complexity index is 676. The van der Waals surface area contributed by atoms with Crippen LogP contribution >= 0.6 is 0 Å². The lowest BCUT2D eigenvalue weighted by Crippen LogP contribution is -2.03. The molecule has 3 aromatic heterocycles. The maximum Gasteiger partial charge on any atom is 0.165 e. The summed E-state index contributed by atoms with van der Waals surface area (Å²) in [6, 6.07) is 3.93. The summed E-state index contributed by atoms with van der Waals surface area (Å²) in [7, 11) is 0. The van der Waals surface area contributed by atoms with Crippen LogP contribution in [0.3, 0.4) is 0 Å². The van der Waals surface area contributed by atoms with Gasteiger partial charge in [-0.3, -0.25) is 4.98 Å². The van der Waals surface area contributed by atoms with E-state index < -0.39 is 0 Å². The molecular weight excluding hydrogens is 240 g/mol. The van der Waals surface area contributed by atoms with Gasteiger partial charge in [0.2, 0.25) is 0 Å². The normalized spacial score (nSPS) is 10.8. The van der Waals surface area contributed by atoms with Crippen LogP contribution in [0.1, 0.15) is 12.5 Å². The highest BCUT2D eigenvalue weighted by Gasteiger charge is 2.08. The molecule has 0 aliphatic carbocycles. The fourth-order valence-electron chi connectivity index (χ4n) is 1.93. The number of rotatable bonds is 4. The number of anilines is 1. The zero-order valence-corrected chi connectivity index (χ0v) is 10.6. The van der Waals surface area contributed by atoms with Gasteiger partial charge in [0, 0.05) is 25.5 Å². The Kier molecular flexibility index (Phi) is 3.06. The second-order valence-electron chi connectivity index (χ2n) is 4.14. The van der Waals surface area contributed by atoms with Crippen molar-refractivity contribution in [3.63, 3.8) is 0 Å². The van der Waals surface area contributed by atoms with E-state index >= 15 is 0 Å². The lowest BCUT2D eigenvalue weighted by Gasteiger charge is -2.05. The minimum Gasteiger partial charge on any atom is -0.364 e. The Morgan fingerprint density at radius 3 is 3.00 bits per heavy atom. The van der Waals surface area contributed by atoms with E-state index in [0.29, 0.717) is 6.54 Å². The zero-order valence-electron chi connectivity index (χ0n) is 10.6. The quantitative estimate of drug-likeness (QED) is 0.769. The Morgan fingerprint density at radius 1 is 1.26 bits per heavy atom. The van der Waals surface area contributed by atoms with Gasteiger partial charge in [-0.05, 0) is 18.6 Å². The summed E-state index contributed by atoms with van der Waals surface area (Å²) in [5.74, 6) is 0.751. The monoisotopic (exact) mass is 254 g/mol. The molecule has 0 unspecified atom stereocenters. The van der Waals surface area contributed by atoms with E-state index in [1.807, 2.05) is 22.9 Å². The molecule has 0 radical (unpaired) electrons. The van der Waals surface area contributed by atoms with E-state index in [4.69, 9.17) is 0 Å². The van der Waals surface area contributed by atoms with Crippen LogP contribution in [0.5, 0.6) is 0 Å². The summed E-state index contributed by atoms with van der Waals surface area (Å²) >= 11 is 0. The minimum atomic E-state index is 0.666. The molecule has 0 atom stereocenters. The van der Waals surface area contributed by atoms with Gasteiger partial charge < -0.3 is 9.88 Å². The molecule has 0 aliphatic heterocycles. The Balaban J connectivity index is 1.87. The molecule has 19 heavy (non-hydrogen) atoms. The molecule has 0 spiro atoms. The molecule has 6 heteroatoms. The number of hydrogen-bond acceptors (Lipinski definition) is 5. The molecule has 0 bridgehead atoms. The van der Waals surface area contributed by atoms with Gasteiger partial charge in [-0.25, -0.2) is 15.0 Å². The van der Waals surface area contributed by atoms with Crippen LogP contribution < -0.4 is 5.32 Å². The molecule has 3 heterocycles. The van der Waals surface area contributed by atoms with Crippen LogP contribution in [0.25, 0.3) is 11.2 Å². The Morgan fingerprint density at radius 2 is 2.21 bits per heavy atom.